The summed E-state index contributed by atoms with van der Waals surface area (Å²) in [6.07, 6.45) is 39.8. The number of unbranched alkanes of at least 4 members (excludes halogenated alkanes) is 29. The number of aliphatic hydroxyl groups is 5. The van der Waals surface area contributed by atoms with Crippen LogP contribution in [0.5, 0.6) is 0 Å². The van der Waals surface area contributed by atoms with Crippen molar-refractivity contribution < 1.29 is 49.3 Å². The van der Waals surface area contributed by atoms with Gasteiger partial charge in [-0.25, -0.2) is 0 Å². The molecule has 7 atom stereocenters. The molecule has 0 radical (unpaired) electrons. The van der Waals surface area contributed by atoms with E-state index in [1.807, 2.05) is 6.08 Å². The molecule has 1 aliphatic rings. The van der Waals surface area contributed by atoms with Crippen molar-refractivity contribution in [2.24, 2.45) is 0 Å². The minimum absolute atomic E-state index is 0.0332. The first-order valence-electron chi connectivity index (χ1n) is 26.6. The lowest BCUT2D eigenvalue weighted by Crippen LogP contribution is -2.60. The summed E-state index contributed by atoms with van der Waals surface area (Å²) < 4.78 is 16.6. The Balaban J connectivity index is 2.13. The molecular weight excluding hydrogens is 811 g/mol. The topological polar surface area (TPSA) is 175 Å². The van der Waals surface area contributed by atoms with E-state index in [0.717, 1.165) is 70.6 Å². The summed E-state index contributed by atoms with van der Waals surface area (Å²) in [5.41, 5.74) is 0. The van der Waals surface area contributed by atoms with Crippen LogP contribution in [0.1, 0.15) is 239 Å². The summed E-state index contributed by atoms with van der Waals surface area (Å²) >= 11 is 0. The van der Waals surface area contributed by atoms with Gasteiger partial charge in [-0.05, 0) is 57.8 Å². The van der Waals surface area contributed by atoms with Gasteiger partial charge in [0.25, 0.3) is 0 Å². The number of hydrogen-bond donors (Lipinski definition) is 6. The van der Waals surface area contributed by atoms with E-state index in [2.05, 4.69) is 31.3 Å². The number of esters is 1. The fourth-order valence-electron chi connectivity index (χ4n) is 8.25. The van der Waals surface area contributed by atoms with Crippen LogP contribution in [-0.2, 0) is 23.8 Å². The average molecular weight is 910 g/mol. The Labute approximate surface area is 391 Å². The van der Waals surface area contributed by atoms with Crippen LogP contribution >= 0.6 is 0 Å². The van der Waals surface area contributed by atoms with Gasteiger partial charge in [0.2, 0.25) is 5.91 Å². The minimum atomic E-state index is -1.58. The highest BCUT2D eigenvalue weighted by Crippen LogP contribution is 2.23. The average Bonchev–Trinajstić information content (AvgIpc) is 3.29. The first-order chi connectivity index (χ1) is 31.2. The number of aliphatic hydroxyl groups excluding tert-OH is 5. The number of rotatable bonds is 45. The predicted molar refractivity (Wildman–Crippen MR) is 260 cm³/mol. The van der Waals surface area contributed by atoms with Gasteiger partial charge in [-0.2, -0.15) is 0 Å². The summed E-state index contributed by atoms with van der Waals surface area (Å²) in [6.45, 7) is 4.24. The minimum Gasteiger partial charge on any atom is -0.466 e. The molecule has 0 aromatic rings. The van der Waals surface area contributed by atoms with Crippen molar-refractivity contribution in [3.8, 4) is 0 Å². The molecule has 1 fully saturated rings. The van der Waals surface area contributed by atoms with E-state index >= 15 is 0 Å². The maximum atomic E-state index is 12.9. The molecule has 0 aliphatic carbocycles. The van der Waals surface area contributed by atoms with Gasteiger partial charge >= 0.3 is 5.97 Å². The van der Waals surface area contributed by atoms with E-state index < -0.39 is 49.5 Å². The summed E-state index contributed by atoms with van der Waals surface area (Å²) in [6, 6.07) is -0.828. The summed E-state index contributed by atoms with van der Waals surface area (Å²) in [5, 5.41) is 54.1. The van der Waals surface area contributed by atoms with Crippen LogP contribution in [0.2, 0.25) is 0 Å². The van der Waals surface area contributed by atoms with E-state index in [1.54, 1.807) is 6.08 Å². The van der Waals surface area contributed by atoms with E-state index in [-0.39, 0.29) is 18.5 Å². The molecule has 0 saturated carbocycles. The molecule has 6 N–H and O–H groups in total. The largest absolute Gasteiger partial charge is 0.466 e. The summed E-state index contributed by atoms with van der Waals surface area (Å²) in [7, 11) is 0. The standard InChI is InChI=1S/C53H99NO10/c1-3-5-7-9-11-13-14-15-18-21-25-29-33-37-41-49(58)62-42-38-34-30-26-22-19-16-17-20-24-28-32-36-40-48(57)54-45(46(56)39-35-31-27-23-12-10-8-6-4-2)44-63-53-52(61)51(60)50(59)47(43-55)64-53/h17,20,35,39,45-47,50-53,55-56,59-61H,3-16,18-19,21-34,36-38,40-44H2,1-2H3,(H,54,57)/b20-17-,39-35+. The van der Waals surface area contributed by atoms with Crippen LogP contribution in [0.25, 0.3) is 0 Å². The van der Waals surface area contributed by atoms with E-state index in [9.17, 15) is 35.1 Å². The quantitative estimate of drug-likeness (QED) is 0.0196. The normalized spacial score (nSPS) is 20.0. The highest BCUT2D eigenvalue weighted by atomic mass is 16.7. The van der Waals surface area contributed by atoms with Gasteiger partial charge in [0.15, 0.2) is 6.29 Å². The van der Waals surface area contributed by atoms with Crippen LogP contribution in [0, 0.1) is 0 Å². The zero-order valence-electron chi connectivity index (χ0n) is 41.0. The maximum absolute atomic E-state index is 12.9. The van der Waals surface area contributed by atoms with Gasteiger partial charge in [-0.15, -0.1) is 0 Å². The molecule has 0 aromatic carbocycles. The molecular formula is C53H99NO10. The SMILES string of the molecule is CCCCCCCCC/C=C/C(O)C(COC1OC(CO)C(O)C(O)C1O)NC(=O)CCCCC/C=C\CCCCCCCCOC(=O)CCCCCCCCCCCCCCCC. The van der Waals surface area contributed by atoms with Crippen molar-refractivity contribution in [1.29, 1.82) is 0 Å². The second-order valence-electron chi connectivity index (χ2n) is 18.6. The van der Waals surface area contributed by atoms with Crippen LogP contribution in [0.3, 0.4) is 0 Å². The Bertz CT molecular complexity index is 1120. The molecule has 11 heteroatoms. The second kappa shape index (κ2) is 43.7. The van der Waals surface area contributed by atoms with Gasteiger partial charge in [0.05, 0.1) is 32.0 Å². The second-order valence-corrected chi connectivity index (χ2v) is 18.6. The fourth-order valence-corrected chi connectivity index (χ4v) is 8.25. The van der Waals surface area contributed by atoms with Crippen LogP contribution in [0.15, 0.2) is 24.3 Å². The maximum Gasteiger partial charge on any atom is 0.305 e. The van der Waals surface area contributed by atoms with Crippen molar-refractivity contribution in [3.05, 3.63) is 24.3 Å². The molecule has 1 aliphatic heterocycles. The Morgan fingerprint density at radius 3 is 1.52 bits per heavy atom. The number of hydrogen-bond acceptors (Lipinski definition) is 10. The lowest BCUT2D eigenvalue weighted by molar-refractivity contribution is -0.302. The Morgan fingerprint density at radius 2 is 1.00 bits per heavy atom. The molecule has 376 valence electrons. The molecule has 64 heavy (non-hydrogen) atoms. The van der Waals surface area contributed by atoms with Crippen LogP contribution < -0.4 is 5.32 Å². The Morgan fingerprint density at radius 1 is 0.562 bits per heavy atom. The number of carbonyl (C=O) groups is 2. The molecule has 0 bridgehead atoms. The smallest absolute Gasteiger partial charge is 0.305 e. The zero-order valence-corrected chi connectivity index (χ0v) is 41.0. The van der Waals surface area contributed by atoms with Gasteiger partial charge in [0.1, 0.15) is 24.4 Å². The fraction of sp³-hybridized carbons (Fsp3) is 0.887. The van der Waals surface area contributed by atoms with Crippen LogP contribution in [-0.4, -0.2) is 100 Å². The van der Waals surface area contributed by atoms with E-state index in [4.69, 9.17) is 14.2 Å². The van der Waals surface area contributed by atoms with Gasteiger partial charge < -0.3 is 45.1 Å². The van der Waals surface area contributed by atoms with Gasteiger partial charge in [-0.3, -0.25) is 9.59 Å². The van der Waals surface area contributed by atoms with Crippen molar-refractivity contribution >= 4 is 11.9 Å². The highest BCUT2D eigenvalue weighted by Gasteiger charge is 2.44. The molecule has 0 spiro atoms. The Hall–Kier alpha value is -1.86. The van der Waals surface area contributed by atoms with Crippen molar-refractivity contribution in [2.75, 3.05) is 19.8 Å². The highest BCUT2D eigenvalue weighted by molar-refractivity contribution is 5.76. The lowest BCUT2D eigenvalue weighted by Gasteiger charge is -2.40. The third kappa shape index (κ3) is 33.6. The molecule has 1 heterocycles. The predicted octanol–water partition coefficient (Wildman–Crippen LogP) is 11.0. The Kier molecular flexibility index (Phi) is 41.1. The first-order valence-corrected chi connectivity index (χ1v) is 26.6. The molecule has 0 aromatic heterocycles. The third-order valence-electron chi connectivity index (χ3n) is 12.6. The zero-order chi connectivity index (χ0) is 46.7. The summed E-state index contributed by atoms with van der Waals surface area (Å²) in [5.74, 6) is -0.247. The van der Waals surface area contributed by atoms with E-state index in [0.29, 0.717) is 25.9 Å². The number of ether oxygens (including phenoxy) is 3. The third-order valence-corrected chi connectivity index (χ3v) is 12.6. The van der Waals surface area contributed by atoms with Gasteiger partial charge in [-0.1, -0.05) is 192 Å². The molecule has 7 unspecified atom stereocenters. The molecule has 1 rings (SSSR count). The number of amides is 1. The number of nitrogens with one attached hydrogen (secondary N) is 1. The monoisotopic (exact) mass is 910 g/mol. The first kappa shape index (κ1) is 60.2. The van der Waals surface area contributed by atoms with Crippen LogP contribution in [0.4, 0.5) is 0 Å². The van der Waals surface area contributed by atoms with Crippen molar-refractivity contribution in [2.45, 2.75) is 281 Å². The number of allylic oxidation sites excluding steroid dienone is 3. The van der Waals surface area contributed by atoms with Crippen molar-refractivity contribution in [3.63, 3.8) is 0 Å². The molecule has 1 saturated heterocycles. The lowest BCUT2D eigenvalue weighted by atomic mass is 9.99. The van der Waals surface area contributed by atoms with Gasteiger partial charge in [0, 0.05) is 12.8 Å². The number of carbonyl (C=O) groups excluding carboxylic acids is 2. The van der Waals surface area contributed by atoms with Crippen molar-refractivity contribution in [1.82, 2.24) is 5.32 Å². The summed E-state index contributed by atoms with van der Waals surface area (Å²) in [4.78, 5) is 25.0. The molecule has 1 amide bonds. The molecule has 11 nitrogen and oxygen atoms in total. The van der Waals surface area contributed by atoms with E-state index in [1.165, 1.54) is 135 Å².